The van der Waals surface area contributed by atoms with Gasteiger partial charge in [0.2, 0.25) is 0 Å². The Balaban J connectivity index is 0.00000103. The molecular weight excluding hydrogens is 424 g/mol. The average Bonchev–Trinajstić information content (AvgIpc) is 3.27. The largest absolute Gasteiger partial charge is 0.493 e. The lowest BCUT2D eigenvalue weighted by Gasteiger charge is -2.13. The van der Waals surface area contributed by atoms with Crippen molar-refractivity contribution < 1.29 is 19.4 Å². The highest BCUT2D eigenvalue weighted by Gasteiger charge is 2.21. The van der Waals surface area contributed by atoms with E-state index < -0.39 is 0 Å². The van der Waals surface area contributed by atoms with Gasteiger partial charge in [0, 0.05) is 5.56 Å². The molecule has 0 bridgehead atoms. The van der Waals surface area contributed by atoms with Crippen LogP contribution in [0.25, 0.3) is 11.1 Å². The number of benzene rings is 3. The van der Waals surface area contributed by atoms with Crippen molar-refractivity contribution in [3.8, 4) is 22.6 Å². The first kappa shape index (κ1) is 25.4. The van der Waals surface area contributed by atoms with E-state index in [0.29, 0.717) is 6.61 Å². The van der Waals surface area contributed by atoms with Crippen molar-refractivity contribution in [2.45, 2.75) is 65.4 Å². The van der Waals surface area contributed by atoms with Crippen LogP contribution in [0.3, 0.4) is 0 Å². The average molecular weight is 461 g/mol. The van der Waals surface area contributed by atoms with Crippen LogP contribution in [0.4, 0.5) is 0 Å². The number of hydrogen-bond donors (Lipinski definition) is 1. The quantitative estimate of drug-likeness (QED) is 0.264. The van der Waals surface area contributed by atoms with Crippen LogP contribution < -0.4 is 9.47 Å². The summed E-state index contributed by atoms with van der Waals surface area (Å²) in [7, 11) is 0. The van der Waals surface area contributed by atoms with Crippen molar-refractivity contribution in [2.24, 2.45) is 0 Å². The molecule has 0 aliphatic heterocycles. The highest BCUT2D eigenvalue weighted by molar-refractivity contribution is 5.71. The van der Waals surface area contributed by atoms with Crippen LogP contribution in [-0.4, -0.2) is 18.2 Å². The van der Waals surface area contributed by atoms with Gasteiger partial charge in [-0.05, 0) is 85.0 Å². The number of aryl methyl sites for hydroxylation is 2. The minimum absolute atomic E-state index is 0.250. The topological polar surface area (TPSA) is 55.8 Å². The van der Waals surface area contributed by atoms with Crippen molar-refractivity contribution >= 4 is 6.47 Å². The van der Waals surface area contributed by atoms with Crippen LogP contribution >= 0.6 is 0 Å². The van der Waals surface area contributed by atoms with Crippen molar-refractivity contribution in [3.05, 3.63) is 82.9 Å². The summed E-state index contributed by atoms with van der Waals surface area (Å²) in [5.41, 5.74) is 7.75. The van der Waals surface area contributed by atoms with Crippen molar-refractivity contribution in [1.82, 2.24) is 0 Å². The number of ether oxygens (including phenoxy) is 2. The van der Waals surface area contributed by atoms with Crippen LogP contribution in [0.2, 0.25) is 0 Å². The Bertz CT molecular complexity index is 1060. The second-order valence-corrected chi connectivity index (χ2v) is 8.80. The van der Waals surface area contributed by atoms with Crippen molar-refractivity contribution in [2.75, 3.05) is 6.61 Å². The van der Waals surface area contributed by atoms with Crippen molar-refractivity contribution in [1.29, 1.82) is 0 Å². The number of unbranched alkanes of at least 4 members (excludes halogenated alkanes) is 1. The minimum Gasteiger partial charge on any atom is -0.493 e. The molecule has 0 spiro atoms. The Kier molecular flexibility index (Phi) is 9.57. The number of rotatable bonds is 9. The van der Waals surface area contributed by atoms with Gasteiger partial charge in [-0.25, -0.2) is 0 Å². The summed E-state index contributed by atoms with van der Waals surface area (Å²) in [5.74, 6) is 2.67. The second-order valence-electron chi connectivity index (χ2n) is 8.80. The number of carbonyl (C=O) groups is 1. The van der Waals surface area contributed by atoms with Crippen LogP contribution in [0.1, 0.15) is 67.7 Å². The molecule has 0 radical (unpaired) electrons. The van der Waals surface area contributed by atoms with Gasteiger partial charge >= 0.3 is 0 Å². The SMILES string of the molecule is CCCCOc1ccc(C)cc1-c1ccc(COc2ccc3c(c2)CCC3CC)cc1.O=CO. The smallest absolute Gasteiger partial charge is 0.290 e. The molecule has 1 unspecified atom stereocenters. The van der Waals surface area contributed by atoms with E-state index in [9.17, 15) is 0 Å². The Labute approximate surface area is 203 Å². The summed E-state index contributed by atoms with van der Waals surface area (Å²) >= 11 is 0. The van der Waals surface area contributed by atoms with E-state index in [2.05, 4.69) is 81.4 Å². The zero-order valence-corrected chi connectivity index (χ0v) is 20.5. The molecule has 0 saturated heterocycles. The van der Waals surface area contributed by atoms with Crippen LogP contribution in [-0.2, 0) is 17.8 Å². The maximum absolute atomic E-state index is 8.36. The fourth-order valence-corrected chi connectivity index (χ4v) is 4.46. The molecule has 34 heavy (non-hydrogen) atoms. The summed E-state index contributed by atoms with van der Waals surface area (Å²) in [6.45, 7) is 7.69. The van der Waals surface area contributed by atoms with E-state index in [4.69, 9.17) is 19.4 Å². The number of hydrogen-bond acceptors (Lipinski definition) is 3. The lowest BCUT2D eigenvalue weighted by molar-refractivity contribution is -0.122. The predicted octanol–water partition coefficient (Wildman–Crippen LogP) is 7.56. The molecule has 4 heteroatoms. The zero-order valence-electron chi connectivity index (χ0n) is 20.5. The van der Waals surface area contributed by atoms with Gasteiger partial charge in [-0.2, -0.15) is 0 Å². The van der Waals surface area contributed by atoms with Gasteiger partial charge in [-0.1, -0.05) is 62.2 Å². The van der Waals surface area contributed by atoms with E-state index in [1.54, 1.807) is 0 Å². The Morgan fingerprint density at radius 1 is 1.00 bits per heavy atom. The summed E-state index contributed by atoms with van der Waals surface area (Å²) in [6, 6.07) is 21.7. The molecule has 180 valence electrons. The Morgan fingerprint density at radius 3 is 2.47 bits per heavy atom. The molecule has 4 nitrogen and oxygen atoms in total. The number of carboxylic acid groups (broad SMARTS) is 1. The third-order valence-electron chi connectivity index (χ3n) is 6.37. The van der Waals surface area contributed by atoms with E-state index >= 15 is 0 Å². The van der Waals surface area contributed by atoms with Crippen LogP contribution in [0.5, 0.6) is 11.5 Å². The first-order chi connectivity index (χ1) is 16.6. The lowest BCUT2D eigenvalue weighted by atomic mass is 9.99. The maximum atomic E-state index is 8.36. The monoisotopic (exact) mass is 460 g/mol. The third kappa shape index (κ3) is 6.63. The summed E-state index contributed by atoms with van der Waals surface area (Å²) in [5, 5.41) is 6.89. The molecule has 3 aromatic carbocycles. The van der Waals surface area contributed by atoms with E-state index in [1.165, 1.54) is 47.1 Å². The third-order valence-corrected chi connectivity index (χ3v) is 6.37. The molecule has 0 aromatic heterocycles. The molecule has 0 heterocycles. The van der Waals surface area contributed by atoms with Gasteiger partial charge in [-0.15, -0.1) is 0 Å². The van der Waals surface area contributed by atoms with Gasteiger partial charge in [0.05, 0.1) is 6.61 Å². The highest BCUT2D eigenvalue weighted by Crippen LogP contribution is 2.37. The summed E-state index contributed by atoms with van der Waals surface area (Å²) < 4.78 is 12.2. The predicted molar refractivity (Wildman–Crippen MR) is 138 cm³/mol. The standard InChI is InChI=1S/C29H34O2.CH2O2/c1-4-6-17-30-29-16-7-21(3)18-28(29)24-10-8-22(9-11-24)20-31-26-14-15-27-23(5-2)12-13-25(27)19-26;2-1-3/h7-11,14-16,18-19,23H,4-6,12-13,17,20H2,1-3H3;1H,(H,2,3). The molecule has 4 rings (SSSR count). The Morgan fingerprint density at radius 2 is 1.76 bits per heavy atom. The van der Waals surface area contributed by atoms with Gasteiger partial charge < -0.3 is 14.6 Å². The number of fused-ring (bicyclic) bond motifs is 1. The molecule has 1 aliphatic rings. The van der Waals surface area contributed by atoms with E-state index in [-0.39, 0.29) is 6.47 Å². The zero-order chi connectivity index (χ0) is 24.3. The van der Waals surface area contributed by atoms with Gasteiger partial charge in [0.15, 0.2) is 0 Å². The minimum atomic E-state index is -0.250. The van der Waals surface area contributed by atoms with E-state index in [0.717, 1.165) is 42.4 Å². The second kappa shape index (κ2) is 12.8. The molecule has 0 saturated carbocycles. The van der Waals surface area contributed by atoms with E-state index in [1.807, 2.05) is 0 Å². The van der Waals surface area contributed by atoms with Crippen LogP contribution in [0, 0.1) is 6.92 Å². The molecule has 0 amide bonds. The summed E-state index contributed by atoms with van der Waals surface area (Å²) in [6.07, 6.45) is 5.90. The fraction of sp³-hybridized carbons (Fsp3) is 0.367. The van der Waals surface area contributed by atoms with Gasteiger partial charge in [0.1, 0.15) is 18.1 Å². The van der Waals surface area contributed by atoms with Crippen LogP contribution in [0.15, 0.2) is 60.7 Å². The molecule has 1 N–H and O–H groups in total. The molecule has 0 fully saturated rings. The first-order valence-corrected chi connectivity index (χ1v) is 12.3. The highest BCUT2D eigenvalue weighted by atomic mass is 16.5. The summed E-state index contributed by atoms with van der Waals surface area (Å²) in [4.78, 5) is 8.36. The Hall–Kier alpha value is -3.27. The lowest BCUT2D eigenvalue weighted by Crippen LogP contribution is -1.99. The maximum Gasteiger partial charge on any atom is 0.290 e. The van der Waals surface area contributed by atoms with Crippen molar-refractivity contribution in [3.63, 3.8) is 0 Å². The first-order valence-electron chi connectivity index (χ1n) is 12.3. The normalized spacial score (nSPS) is 14.0. The van der Waals surface area contributed by atoms with Gasteiger partial charge in [-0.3, -0.25) is 4.79 Å². The van der Waals surface area contributed by atoms with Gasteiger partial charge in [0.25, 0.3) is 6.47 Å². The molecule has 1 atom stereocenters. The molecule has 3 aromatic rings. The molecule has 1 aliphatic carbocycles. The fourth-order valence-electron chi connectivity index (χ4n) is 4.46. The molecular formula is C30H36O4.